The van der Waals surface area contributed by atoms with E-state index in [0.717, 1.165) is 19.0 Å². The Balaban J connectivity index is 1.96. The van der Waals surface area contributed by atoms with Gasteiger partial charge in [-0.3, -0.25) is 9.80 Å². The summed E-state index contributed by atoms with van der Waals surface area (Å²) in [5.41, 5.74) is 0. The highest BCUT2D eigenvalue weighted by molar-refractivity contribution is 4.86. The number of fused-ring (bicyclic) bond motifs is 2. The molecule has 2 bridgehead atoms. The van der Waals surface area contributed by atoms with Crippen LogP contribution in [0, 0.1) is 5.92 Å². The molecule has 2 fully saturated rings. The zero-order chi connectivity index (χ0) is 9.26. The largest absolute Gasteiger partial charge is 0.395 e. The standard InChI is InChI=1S/C10H20N2O/c1-9-6-11(4-5-13)7-10-2-3-12(9)8-10/h9-10,13H,2-8H2,1H3. The lowest BCUT2D eigenvalue weighted by molar-refractivity contribution is 0.156. The Morgan fingerprint density at radius 2 is 2.15 bits per heavy atom. The molecule has 2 rings (SSSR count). The molecule has 3 atom stereocenters. The van der Waals surface area contributed by atoms with Crippen LogP contribution in [0.2, 0.25) is 0 Å². The Kier molecular flexibility index (Phi) is 2.86. The van der Waals surface area contributed by atoms with Crippen molar-refractivity contribution in [2.75, 3.05) is 39.3 Å². The Bertz CT molecular complexity index is 172. The number of aliphatic hydroxyl groups excluding tert-OH is 1. The highest BCUT2D eigenvalue weighted by atomic mass is 16.3. The van der Waals surface area contributed by atoms with Crippen molar-refractivity contribution in [1.29, 1.82) is 0 Å². The van der Waals surface area contributed by atoms with Crippen LogP contribution in [0.5, 0.6) is 0 Å². The molecule has 0 saturated carbocycles. The van der Waals surface area contributed by atoms with Crippen LogP contribution in [0.25, 0.3) is 0 Å². The summed E-state index contributed by atoms with van der Waals surface area (Å²) in [7, 11) is 0. The van der Waals surface area contributed by atoms with Gasteiger partial charge < -0.3 is 5.11 Å². The molecule has 1 N–H and O–H groups in total. The Morgan fingerprint density at radius 3 is 2.92 bits per heavy atom. The first-order valence-corrected chi connectivity index (χ1v) is 5.37. The Labute approximate surface area is 80.3 Å². The minimum atomic E-state index is 0.305. The maximum Gasteiger partial charge on any atom is 0.0558 e. The third kappa shape index (κ3) is 2.03. The molecule has 0 aromatic carbocycles. The van der Waals surface area contributed by atoms with Crippen molar-refractivity contribution < 1.29 is 5.11 Å². The molecule has 0 aromatic heterocycles. The summed E-state index contributed by atoms with van der Waals surface area (Å²) in [6, 6.07) is 0.680. The molecular weight excluding hydrogens is 164 g/mol. The van der Waals surface area contributed by atoms with Gasteiger partial charge in [-0.2, -0.15) is 0 Å². The second kappa shape index (κ2) is 3.95. The van der Waals surface area contributed by atoms with Crippen LogP contribution in [0.15, 0.2) is 0 Å². The van der Waals surface area contributed by atoms with Crippen molar-refractivity contribution in [1.82, 2.24) is 9.80 Å². The highest BCUT2D eigenvalue weighted by Gasteiger charge is 2.31. The summed E-state index contributed by atoms with van der Waals surface area (Å²) in [4.78, 5) is 5.00. The van der Waals surface area contributed by atoms with E-state index < -0.39 is 0 Å². The van der Waals surface area contributed by atoms with Gasteiger partial charge in [0.05, 0.1) is 6.61 Å². The molecular formula is C10H20N2O. The van der Waals surface area contributed by atoms with Crippen molar-refractivity contribution in [3.8, 4) is 0 Å². The lowest BCUT2D eigenvalue weighted by Crippen LogP contribution is -2.40. The van der Waals surface area contributed by atoms with E-state index in [1.807, 2.05) is 0 Å². The summed E-state index contributed by atoms with van der Waals surface area (Å²) in [5.74, 6) is 0.858. The summed E-state index contributed by atoms with van der Waals surface area (Å²) in [6.45, 7) is 8.37. The first-order valence-electron chi connectivity index (χ1n) is 5.37. The van der Waals surface area contributed by atoms with Crippen LogP contribution in [0.4, 0.5) is 0 Å². The van der Waals surface area contributed by atoms with Crippen LogP contribution in [-0.2, 0) is 0 Å². The smallest absolute Gasteiger partial charge is 0.0558 e. The van der Waals surface area contributed by atoms with E-state index in [0.29, 0.717) is 12.6 Å². The minimum Gasteiger partial charge on any atom is -0.395 e. The topological polar surface area (TPSA) is 26.7 Å². The fourth-order valence-electron chi connectivity index (χ4n) is 2.66. The molecule has 0 radical (unpaired) electrons. The van der Waals surface area contributed by atoms with Crippen molar-refractivity contribution in [3.63, 3.8) is 0 Å². The van der Waals surface area contributed by atoms with Crippen LogP contribution >= 0.6 is 0 Å². The second-order valence-electron chi connectivity index (χ2n) is 4.48. The highest BCUT2D eigenvalue weighted by Crippen LogP contribution is 2.23. The SMILES string of the molecule is CC1CN(CCO)CC2CCN1C2. The maximum atomic E-state index is 8.91. The molecule has 0 amide bonds. The van der Waals surface area contributed by atoms with E-state index in [2.05, 4.69) is 16.7 Å². The Morgan fingerprint density at radius 1 is 1.31 bits per heavy atom. The van der Waals surface area contributed by atoms with Gasteiger partial charge in [-0.1, -0.05) is 0 Å². The first-order chi connectivity index (χ1) is 6.29. The quantitative estimate of drug-likeness (QED) is 0.654. The zero-order valence-corrected chi connectivity index (χ0v) is 8.45. The molecule has 2 saturated heterocycles. The number of nitrogens with zero attached hydrogens (tertiary/aromatic N) is 2. The van der Waals surface area contributed by atoms with Gasteiger partial charge in [0.2, 0.25) is 0 Å². The molecule has 2 aliphatic rings. The molecule has 3 nitrogen and oxygen atoms in total. The van der Waals surface area contributed by atoms with E-state index in [1.54, 1.807) is 0 Å². The van der Waals surface area contributed by atoms with Gasteiger partial charge in [-0.25, -0.2) is 0 Å². The molecule has 2 aliphatic heterocycles. The average molecular weight is 184 g/mol. The molecule has 76 valence electrons. The third-order valence-corrected chi connectivity index (χ3v) is 3.40. The summed E-state index contributed by atoms with van der Waals surface area (Å²) in [6.07, 6.45) is 1.35. The third-order valence-electron chi connectivity index (χ3n) is 3.40. The van der Waals surface area contributed by atoms with Gasteiger partial charge in [-0.05, 0) is 25.8 Å². The summed E-state index contributed by atoms with van der Waals surface area (Å²) in [5, 5.41) is 8.91. The predicted octanol–water partition coefficient (Wildman–Crippen LogP) is 0.00470. The molecule has 13 heavy (non-hydrogen) atoms. The van der Waals surface area contributed by atoms with E-state index in [4.69, 9.17) is 5.11 Å². The second-order valence-corrected chi connectivity index (χ2v) is 4.48. The lowest BCUT2D eigenvalue weighted by atomic mass is 10.1. The van der Waals surface area contributed by atoms with Gasteiger partial charge in [0.1, 0.15) is 0 Å². The monoisotopic (exact) mass is 184 g/mol. The number of hydrogen-bond donors (Lipinski definition) is 1. The molecule has 0 spiro atoms. The van der Waals surface area contributed by atoms with E-state index in [1.165, 1.54) is 26.1 Å². The van der Waals surface area contributed by atoms with Crippen LogP contribution < -0.4 is 0 Å². The molecule has 0 aromatic rings. The number of aliphatic hydroxyl groups is 1. The van der Waals surface area contributed by atoms with Crippen molar-refractivity contribution in [2.24, 2.45) is 5.92 Å². The molecule has 3 heteroatoms. The van der Waals surface area contributed by atoms with Crippen molar-refractivity contribution in [3.05, 3.63) is 0 Å². The normalized spacial score (nSPS) is 40.6. The van der Waals surface area contributed by atoms with Crippen LogP contribution in [0.3, 0.4) is 0 Å². The van der Waals surface area contributed by atoms with Gasteiger partial charge in [0.25, 0.3) is 0 Å². The fourth-order valence-corrected chi connectivity index (χ4v) is 2.66. The molecule has 2 heterocycles. The number of hydrogen-bond acceptors (Lipinski definition) is 3. The average Bonchev–Trinajstić information content (AvgIpc) is 2.46. The summed E-state index contributed by atoms with van der Waals surface area (Å²) >= 11 is 0. The summed E-state index contributed by atoms with van der Waals surface area (Å²) < 4.78 is 0. The van der Waals surface area contributed by atoms with E-state index in [9.17, 15) is 0 Å². The lowest BCUT2D eigenvalue weighted by Gasteiger charge is -2.28. The van der Waals surface area contributed by atoms with Gasteiger partial charge in [-0.15, -0.1) is 0 Å². The molecule has 3 unspecified atom stereocenters. The van der Waals surface area contributed by atoms with E-state index >= 15 is 0 Å². The maximum absolute atomic E-state index is 8.91. The van der Waals surface area contributed by atoms with Gasteiger partial charge in [0.15, 0.2) is 0 Å². The Hall–Kier alpha value is -0.120. The first kappa shape index (κ1) is 9.44. The van der Waals surface area contributed by atoms with Crippen LogP contribution in [0.1, 0.15) is 13.3 Å². The zero-order valence-electron chi connectivity index (χ0n) is 8.45. The number of β-amino-alcohol motifs (C(OH)–C–C–N with tert-alkyl or cyclic N) is 1. The van der Waals surface area contributed by atoms with Gasteiger partial charge >= 0.3 is 0 Å². The van der Waals surface area contributed by atoms with Crippen molar-refractivity contribution in [2.45, 2.75) is 19.4 Å². The fraction of sp³-hybridized carbons (Fsp3) is 1.00. The van der Waals surface area contributed by atoms with Crippen LogP contribution in [-0.4, -0.2) is 60.3 Å². The van der Waals surface area contributed by atoms with Crippen molar-refractivity contribution >= 4 is 0 Å². The van der Waals surface area contributed by atoms with Gasteiger partial charge in [0, 0.05) is 32.2 Å². The molecule has 0 aliphatic carbocycles. The number of rotatable bonds is 2. The predicted molar refractivity (Wildman–Crippen MR) is 52.7 cm³/mol. The van der Waals surface area contributed by atoms with E-state index in [-0.39, 0.29) is 0 Å². The minimum absolute atomic E-state index is 0.305.